The van der Waals surface area contributed by atoms with Crippen molar-refractivity contribution < 1.29 is 0 Å². The number of nitrogens with one attached hydrogen (secondary N) is 1. The molecule has 3 rings (SSSR count). The zero-order chi connectivity index (χ0) is 12.4. The lowest BCUT2D eigenvalue weighted by atomic mass is 9.84. The third-order valence-corrected chi connectivity index (χ3v) is 4.82. The van der Waals surface area contributed by atoms with E-state index in [2.05, 4.69) is 29.4 Å². The molecule has 0 bridgehead atoms. The molecule has 1 atom stereocenters. The van der Waals surface area contributed by atoms with Crippen molar-refractivity contribution in [1.82, 2.24) is 10.3 Å². The quantitative estimate of drug-likeness (QED) is 0.878. The van der Waals surface area contributed by atoms with Gasteiger partial charge in [-0.2, -0.15) is 0 Å². The predicted molar refractivity (Wildman–Crippen MR) is 74.5 cm³/mol. The Bertz CT molecular complexity index is 394. The fraction of sp³-hybridized carbons (Fsp3) is 0.688. The Balaban J connectivity index is 1.59. The number of fused-ring (bicyclic) bond motifs is 1. The minimum absolute atomic E-state index is 0.518. The smallest absolute Gasteiger partial charge is 0.0605 e. The van der Waals surface area contributed by atoms with Crippen molar-refractivity contribution in [3.05, 3.63) is 29.6 Å². The number of aryl methyl sites for hydroxylation is 1. The minimum atomic E-state index is 0.518. The van der Waals surface area contributed by atoms with Crippen LogP contribution in [0.25, 0.3) is 0 Å². The third-order valence-electron chi connectivity index (χ3n) is 4.82. The standard InChI is InChI=1S/C16H24N2/c1-2-12-5-8-14(9-6-12)18-15-10-7-13-4-3-11-17-16(13)15/h3-4,11-12,14-15,18H,2,5-10H2,1H3. The van der Waals surface area contributed by atoms with Gasteiger partial charge in [0.2, 0.25) is 0 Å². The number of rotatable bonds is 3. The summed E-state index contributed by atoms with van der Waals surface area (Å²) in [6, 6.07) is 5.54. The highest BCUT2D eigenvalue weighted by Crippen LogP contribution is 2.32. The van der Waals surface area contributed by atoms with E-state index in [-0.39, 0.29) is 0 Å². The molecule has 1 fully saturated rings. The van der Waals surface area contributed by atoms with Crippen LogP contribution in [-0.2, 0) is 6.42 Å². The summed E-state index contributed by atoms with van der Waals surface area (Å²) in [5.41, 5.74) is 2.77. The highest BCUT2D eigenvalue weighted by Gasteiger charge is 2.27. The lowest BCUT2D eigenvalue weighted by molar-refractivity contribution is 0.268. The summed E-state index contributed by atoms with van der Waals surface area (Å²) in [7, 11) is 0. The van der Waals surface area contributed by atoms with Crippen molar-refractivity contribution in [3.8, 4) is 0 Å². The van der Waals surface area contributed by atoms with Crippen LogP contribution in [0.4, 0.5) is 0 Å². The van der Waals surface area contributed by atoms with E-state index in [4.69, 9.17) is 0 Å². The maximum Gasteiger partial charge on any atom is 0.0605 e. The number of hydrogen-bond donors (Lipinski definition) is 1. The van der Waals surface area contributed by atoms with E-state index in [0.29, 0.717) is 6.04 Å². The van der Waals surface area contributed by atoms with Crippen molar-refractivity contribution in [2.24, 2.45) is 5.92 Å². The van der Waals surface area contributed by atoms with E-state index >= 15 is 0 Å². The fourth-order valence-corrected chi connectivity index (χ4v) is 3.60. The van der Waals surface area contributed by atoms with E-state index in [9.17, 15) is 0 Å². The zero-order valence-electron chi connectivity index (χ0n) is 11.4. The van der Waals surface area contributed by atoms with E-state index in [1.165, 1.54) is 56.2 Å². The minimum Gasteiger partial charge on any atom is -0.306 e. The Kier molecular flexibility index (Phi) is 3.64. The first-order valence-corrected chi connectivity index (χ1v) is 7.56. The van der Waals surface area contributed by atoms with Gasteiger partial charge in [0.15, 0.2) is 0 Å². The summed E-state index contributed by atoms with van der Waals surface area (Å²) in [4.78, 5) is 4.57. The van der Waals surface area contributed by atoms with Crippen LogP contribution in [0, 0.1) is 5.92 Å². The van der Waals surface area contributed by atoms with Crippen molar-refractivity contribution >= 4 is 0 Å². The molecule has 98 valence electrons. The van der Waals surface area contributed by atoms with Crippen molar-refractivity contribution in [2.75, 3.05) is 0 Å². The molecule has 1 saturated carbocycles. The Morgan fingerprint density at radius 1 is 1.22 bits per heavy atom. The van der Waals surface area contributed by atoms with Crippen LogP contribution < -0.4 is 5.32 Å². The highest BCUT2D eigenvalue weighted by atomic mass is 15.0. The average molecular weight is 244 g/mol. The van der Waals surface area contributed by atoms with Crippen LogP contribution in [-0.4, -0.2) is 11.0 Å². The molecule has 1 heterocycles. The van der Waals surface area contributed by atoms with Crippen LogP contribution in [0.5, 0.6) is 0 Å². The molecule has 0 spiro atoms. The second-order valence-corrected chi connectivity index (χ2v) is 5.93. The summed E-state index contributed by atoms with van der Waals surface area (Å²) >= 11 is 0. The van der Waals surface area contributed by atoms with Gasteiger partial charge in [0.05, 0.1) is 11.7 Å². The number of hydrogen-bond acceptors (Lipinski definition) is 2. The lowest BCUT2D eigenvalue weighted by Crippen LogP contribution is -2.35. The molecule has 0 aliphatic heterocycles. The van der Waals surface area contributed by atoms with Crippen LogP contribution >= 0.6 is 0 Å². The van der Waals surface area contributed by atoms with Crippen molar-refractivity contribution in [1.29, 1.82) is 0 Å². The van der Waals surface area contributed by atoms with Gasteiger partial charge < -0.3 is 5.32 Å². The molecule has 0 saturated heterocycles. The average Bonchev–Trinajstić information content (AvgIpc) is 2.83. The summed E-state index contributed by atoms with van der Waals surface area (Å²) in [6.07, 6.45) is 11.3. The lowest BCUT2D eigenvalue weighted by Gasteiger charge is -2.30. The molecular formula is C16H24N2. The first kappa shape index (κ1) is 12.2. The van der Waals surface area contributed by atoms with Gasteiger partial charge in [-0.3, -0.25) is 4.98 Å². The van der Waals surface area contributed by atoms with Gasteiger partial charge in [-0.05, 0) is 56.1 Å². The van der Waals surface area contributed by atoms with E-state index in [0.717, 1.165) is 12.0 Å². The first-order chi connectivity index (χ1) is 8.86. The molecule has 1 aromatic heterocycles. The molecule has 2 heteroatoms. The van der Waals surface area contributed by atoms with Crippen molar-refractivity contribution in [2.45, 2.75) is 64.0 Å². The Morgan fingerprint density at radius 2 is 2.06 bits per heavy atom. The summed E-state index contributed by atoms with van der Waals surface area (Å²) in [5.74, 6) is 0.983. The molecule has 0 aromatic carbocycles. The van der Waals surface area contributed by atoms with Crippen molar-refractivity contribution in [3.63, 3.8) is 0 Å². The Labute approximate surface area is 110 Å². The van der Waals surface area contributed by atoms with Crippen LogP contribution in [0.2, 0.25) is 0 Å². The molecule has 18 heavy (non-hydrogen) atoms. The van der Waals surface area contributed by atoms with Gasteiger partial charge in [0.1, 0.15) is 0 Å². The van der Waals surface area contributed by atoms with Gasteiger partial charge in [0.25, 0.3) is 0 Å². The molecule has 1 aromatic rings. The highest BCUT2D eigenvalue weighted by molar-refractivity contribution is 5.28. The zero-order valence-corrected chi connectivity index (χ0v) is 11.4. The van der Waals surface area contributed by atoms with Gasteiger partial charge in [-0.25, -0.2) is 0 Å². The van der Waals surface area contributed by atoms with Crippen LogP contribution in [0.3, 0.4) is 0 Å². The Morgan fingerprint density at radius 3 is 2.83 bits per heavy atom. The molecule has 2 aliphatic rings. The largest absolute Gasteiger partial charge is 0.306 e. The van der Waals surface area contributed by atoms with Crippen LogP contribution in [0.15, 0.2) is 18.3 Å². The first-order valence-electron chi connectivity index (χ1n) is 7.56. The SMILES string of the molecule is CCC1CCC(NC2CCc3cccnc32)CC1. The van der Waals surface area contributed by atoms with E-state index in [1.807, 2.05) is 6.20 Å². The normalized spacial score (nSPS) is 31.3. The molecule has 2 nitrogen and oxygen atoms in total. The third kappa shape index (κ3) is 2.44. The molecule has 2 aliphatic carbocycles. The molecule has 0 amide bonds. The summed E-state index contributed by atoms with van der Waals surface area (Å²) in [5, 5.41) is 3.86. The van der Waals surface area contributed by atoms with Gasteiger partial charge in [-0.1, -0.05) is 19.4 Å². The number of aromatic nitrogens is 1. The van der Waals surface area contributed by atoms with Gasteiger partial charge >= 0.3 is 0 Å². The number of nitrogens with zero attached hydrogens (tertiary/aromatic N) is 1. The molecular weight excluding hydrogens is 220 g/mol. The maximum absolute atomic E-state index is 4.57. The Hall–Kier alpha value is -0.890. The maximum atomic E-state index is 4.57. The fourth-order valence-electron chi connectivity index (χ4n) is 3.60. The van der Waals surface area contributed by atoms with E-state index < -0.39 is 0 Å². The molecule has 1 N–H and O–H groups in total. The molecule has 0 radical (unpaired) electrons. The second-order valence-electron chi connectivity index (χ2n) is 5.93. The molecule has 1 unspecified atom stereocenters. The van der Waals surface area contributed by atoms with Crippen LogP contribution in [0.1, 0.15) is 62.7 Å². The second kappa shape index (κ2) is 5.40. The topological polar surface area (TPSA) is 24.9 Å². The monoisotopic (exact) mass is 244 g/mol. The van der Waals surface area contributed by atoms with Gasteiger partial charge in [-0.15, -0.1) is 0 Å². The summed E-state index contributed by atoms with van der Waals surface area (Å²) in [6.45, 7) is 2.33. The predicted octanol–water partition coefficient (Wildman–Crippen LogP) is 3.63. The number of pyridine rings is 1. The van der Waals surface area contributed by atoms with E-state index in [1.54, 1.807) is 0 Å². The van der Waals surface area contributed by atoms with Gasteiger partial charge in [0, 0.05) is 12.2 Å². The summed E-state index contributed by atoms with van der Waals surface area (Å²) < 4.78 is 0.